The molecule has 1 aliphatic rings. The molecule has 0 radical (unpaired) electrons. The van der Waals surface area contributed by atoms with Crippen LogP contribution < -0.4 is 10.0 Å². The van der Waals surface area contributed by atoms with Crippen LogP contribution in [0.3, 0.4) is 0 Å². The topological polar surface area (TPSA) is 117 Å². The first-order valence-electron chi connectivity index (χ1n) is 10.8. The lowest BCUT2D eigenvalue weighted by molar-refractivity contribution is 0.0932. The minimum absolute atomic E-state index is 0.0447. The molecule has 0 fully saturated rings. The molecule has 33 heavy (non-hydrogen) atoms. The van der Waals surface area contributed by atoms with Gasteiger partial charge in [-0.2, -0.15) is 10.4 Å². The van der Waals surface area contributed by atoms with E-state index >= 15 is 0 Å². The normalized spacial score (nSPS) is 15.4. The van der Waals surface area contributed by atoms with Crippen molar-refractivity contribution < 1.29 is 13.2 Å². The van der Waals surface area contributed by atoms with E-state index in [1.165, 1.54) is 29.8 Å². The number of amides is 1. The average Bonchev–Trinajstić information content (AvgIpc) is 3.23. The molecule has 0 saturated carbocycles. The number of sulfonamides is 1. The number of carbonyl (C=O) groups is 1. The molecule has 1 heterocycles. The highest BCUT2D eigenvalue weighted by Crippen LogP contribution is 2.30. The first-order valence-corrected chi connectivity index (χ1v) is 12.3. The molecule has 1 aromatic heterocycles. The minimum atomic E-state index is -3.71. The molecule has 3 aromatic rings. The molecule has 4 rings (SSSR count). The molecule has 1 unspecified atom stereocenters. The number of carbonyl (C=O) groups excluding carboxylic acids is 1. The number of aromatic nitrogens is 2. The molecule has 170 valence electrons. The van der Waals surface area contributed by atoms with Gasteiger partial charge in [-0.1, -0.05) is 30.3 Å². The molecule has 2 aromatic carbocycles. The van der Waals surface area contributed by atoms with Gasteiger partial charge in [0.15, 0.2) is 0 Å². The molecular formula is C24H25N5O3S. The Morgan fingerprint density at radius 1 is 1.15 bits per heavy atom. The van der Waals surface area contributed by atoms with Gasteiger partial charge in [-0.3, -0.25) is 9.48 Å². The van der Waals surface area contributed by atoms with Crippen LogP contribution in [-0.4, -0.2) is 30.7 Å². The number of hydrogen-bond acceptors (Lipinski definition) is 5. The summed E-state index contributed by atoms with van der Waals surface area (Å²) in [6.45, 7) is 0.734. The van der Waals surface area contributed by atoms with Crippen molar-refractivity contribution in [2.45, 2.75) is 43.2 Å². The van der Waals surface area contributed by atoms with Gasteiger partial charge in [0, 0.05) is 29.8 Å². The van der Waals surface area contributed by atoms with Crippen molar-refractivity contribution in [1.29, 1.82) is 5.26 Å². The van der Waals surface area contributed by atoms with Gasteiger partial charge < -0.3 is 5.32 Å². The van der Waals surface area contributed by atoms with Crippen LogP contribution in [0.15, 0.2) is 65.7 Å². The van der Waals surface area contributed by atoms with Crippen molar-refractivity contribution in [3.05, 3.63) is 83.2 Å². The first kappa shape index (κ1) is 22.7. The Kier molecular flexibility index (Phi) is 6.87. The van der Waals surface area contributed by atoms with E-state index in [1.54, 1.807) is 0 Å². The smallest absolute Gasteiger partial charge is 0.251 e. The minimum Gasteiger partial charge on any atom is -0.345 e. The van der Waals surface area contributed by atoms with Crippen LogP contribution in [0.5, 0.6) is 0 Å². The molecule has 1 amide bonds. The molecule has 0 spiro atoms. The molecule has 2 N–H and O–H groups in total. The summed E-state index contributed by atoms with van der Waals surface area (Å²) < 4.78 is 28.9. The molecule has 9 heteroatoms. The maximum atomic E-state index is 12.9. The van der Waals surface area contributed by atoms with Crippen molar-refractivity contribution in [3.63, 3.8) is 0 Å². The van der Waals surface area contributed by atoms with Crippen molar-refractivity contribution in [3.8, 4) is 6.07 Å². The van der Waals surface area contributed by atoms with Crippen molar-refractivity contribution in [2.24, 2.45) is 0 Å². The van der Waals surface area contributed by atoms with E-state index < -0.39 is 10.0 Å². The summed E-state index contributed by atoms with van der Waals surface area (Å²) in [6, 6.07) is 17.7. The number of nitriles is 1. The summed E-state index contributed by atoms with van der Waals surface area (Å²) in [5.74, 6) is -0.259. The second kappa shape index (κ2) is 9.98. The van der Waals surface area contributed by atoms with Crippen LogP contribution >= 0.6 is 0 Å². The van der Waals surface area contributed by atoms with E-state index in [-0.39, 0.29) is 29.8 Å². The Bertz CT molecular complexity index is 1260. The van der Waals surface area contributed by atoms with E-state index in [1.807, 2.05) is 35.1 Å². The highest BCUT2D eigenvalue weighted by molar-refractivity contribution is 7.89. The zero-order valence-corrected chi connectivity index (χ0v) is 18.9. The SMILES string of the molecule is N#CCCNS(=O)(=O)c1ccc(C(=O)NC2CCCc3c2cnn3Cc2ccccc2)cc1. The zero-order chi connectivity index (χ0) is 23.3. The predicted octanol–water partition coefficient (Wildman–Crippen LogP) is 2.93. The van der Waals surface area contributed by atoms with Gasteiger partial charge in [0.1, 0.15) is 0 Å². The average molecular weight is 464 g/mol. The molecular weight excluding hydrogens is 438 g/mol. The zero-order valence-electron chi connectivity index (χ0n) is 18.1. The Balaban J connectivity index is 1.44. The predicted molar refractivity (Wildman–Crippen MR) is 123 cm³/mol. The largest absolute Gasteiger partial charge is 0.345 e. The fourth-order valence-electron chi connectivity index (χ4n) is 4.01. The quantitative estimate of drug-likeness (QED) is 0.498. The summed E-state index contributed by atoms with van der Waals surface area (Å²) in [6.07, 6.45) is 4.62. The van der Waals surface area contributed by atoms with Crippen LogP contribution in [0, 0.1) is 11.3 Å². The number of benzene rings is 2. The Hall–Kier alpha value is -3.48. The summed E-state index contributed by atoms with van der Waals surface area (Å²) >= 11 is 0. The molecule has 1 aliphatic carbocycles. The third-order valence-corrected chi connectivity index (χ3v) is 7.18. The van der Waals surface area contributed by atoms with E-state index in [0.29, 0.717) is 12.1 Å². The highest BCUT2D eigenvalue weighted by atomic mass is 32.2. The second-order valence-electron chi connectivity index (χ2n) is 7.94. The van der Waals surface area contributed by atoms with Gasteiger partial charge in [0.05, 0.1) is 29.7 Å². The van der Waals surface area contributed by atoms with Crippen LogP contribution in [-0.2, 0) is 23.0 Å². The highest BCUT2D eigenvalue weighted by Gasteiger charge is 2.26. The third-order valence-electron chi connectivity index (χ3n) is 5.70. The third kappa shape index (κ3) is 5.30. The van der Waals surface area contributed by atoms with Gasteiger partial charge in [-0.05, 0) is 49.1 Å². The second-order valence-corrected chi connectivity index (χ2v) is 9.71. The number of hydrogen-bond donors (Lipinski definition) is 2. The fraction of sp³-hybridized carbons (Fsp3) is 0.292. The van der Waals surface area contributed by atoms with Crippen LogP contribution in [0.4, 0.5) is 0 Å². The molecule has 1 atom stereocenters. The monoisotopic (exact) mass is 463 g/mol. The number of nitrogens with zero attached hydrogens (tertiary/aromatic N) is 3. The molecule has 8 nitrogen and oxygen atoms in total. The fourth-order valence-corrected chi connectivity index (χ4v) is 5.04. The Morgan fingerprint density at radius 3 is 2.64 bits per heavy atom. The van der Waals surface area contributed by atoms with Gasteiger partial charge in [-0.25, -0.2) is 13.1 Å². The van der Waals surface area contributed by atoms with E-state index in [9.17, 15) is 13.2 Å². The van der Waals surface area contributed by atoms with Gasteiger partial charge in [-0.15, -0.1) is 0 Å². The maximum Gasteiger partial charge on any atom is 0.251 e. The first-order chi connectivity index (χ1) is 16.0. The molecule has 0 bridgehead atoms. The lowest BCUT2D eigenvalue weighted by atomic mass is 9.92. The van der Waals surface area contributed by atoms with E-state index in [4.69, 9.17) is 5.26 Å². The number of rotatable bonds is 8. The van der Waals surface area contributed by atoms with Crippen LogP contribution in [0.2, 0.25) is 0 Å². The summed E-state index contributed by atoms with van der Waals surface area (Å²) in [4.78, 5) is 12.9. The lowest BCUT2D eigenvalue weighted by Gasteiger charge is -2.24. The van der Waals surface area contributed by atoms with E-state index in [2.05, 4.69) is 27.3 Å². The van der Waals surface area contributed by atoms with Crippen LogP contribution in [0.25, 0.3) is 0 Å². The summed E-state index contributed by atoms with van der Waals surface area (Å²) in [5, 5.41) is 16.2. The van der Waals surface area contributed by atoms with Crippen molar-refractivity contribution in [2.75, 3.05) is 6.54 Å². The number of nitrogens with one attached hydrogen (secondary N) is 2. The van der Waals surface area contributed by atoms with E-state index in [0.717, 1.165) is 30.5 Å². The van der Waals surface area contributed by atoms with Crippen LogP contribution in [0.1, 0.15) is 52.5 Å². The number of fused-ring (bicyclic) bond motifs is 1. The maximum absolute atomic E-state index is 12.9. The molecule has 0 saturated heterocycles. The Morgan fingerprint density at radius 2 is 1.91 bits per heavy atom. The standard InChI is InChI=1S/C24H25N5O3S/c25-14-5-15-27-33(31,32)20-12-10-19(11-13-20)24(30)28-22-8-4-9-23-21(22)16-26-29(23)17-18-6-2-1-3-7-18/h1-3,6-7,10-13,16,22,27H,4-5,8-9,15,17H2,(H,28,30). The van der Waals surface area contributed by atoms with Crippen molar-refractivity contribution >= 4 is 15.9 Å². The molecule has 0 aliphatic heterocycles. The summed E-state index contributed by atoms with van der Waals surface area (Å²) in [5.41, 5.74) is 3.73. The Labute approximate surface area is 193 Å². The lowest BCUT2D eigenvalue weighted by Crippen LogP contribution is -2.31. The van der Waals surface area contributed by atoms with Crippen molar-refractivity contribution in [1.82, 2.24) is 19.8 Å². The van der Waals surface area contributed by atoms with Gasteiger partial charge in [0.25, 0.3) is 5.91 Å². The van der Waals surface area contributed by atoms with Gasteiger partial charge in [0.2, 0.25) is 10.0 Å². The van der Waals surface area contributed by atoms with Gasteiger partial charge >= 0.3 is 0 Å². The summed E-state index contributed by atoms with van der Waals surface area (Å²) in [7, 11) is -3.71.